The van der Waals surface area contributed by atoms with Crippen LogP contribution in [0.3, 0.4) is 0 Å². The lowest BCUT2D eigenvalue weighted by Crippen LogP contribution is -2.53. The van der Waals surface area contributed by atoms with Gasteiger partial charge in [0.2, 0.25) is 10.0 Å². The van der Waals surface area contributed by atoms with Crippen LogP contribution in [0.25, 0.3) is 0 Å². The molecule has 0 unspecified atom stereocenters. The molecule has 1 aromatic heterocycles. The van der Waals surface area contributed by atoms with Crippen LogP contribution in [-0.2, 0) is 14.8 Å². The number of hydrogen-bond acceptors (Lipinski definition) is 6. The second-order valence-electron chi connectivity index (χ2n) is 9.91. The first-order valence-corrected chi connectivity index (χ1v) is 13.9. The van der Waals surface area contributed by atoms with Gasteiger partial charge in [-0.15, -0.1) is 5.10 Å². The van der Waals surface area contributed by atoms with E-state index in [1.165, 1.54) is 6.07 Å². The quantitative estimate of drug-likeness (QED) is 0.611. The normalized spacial score (nSPS) is 28.1. The molecule has 1 aliphatic heterocycles. The largest absolute Gasteiger partial charge is 0.378 e. The topological polar surface area (TPSA) is 84.4 Å². The lowest BCUT2D eigenvalue weighted by atomic mass is 9.82. The predicted octanol–water partition coefficient (Wildman–Crippen LogP) is 3.64. The van der Waals surface area contributed by atoms with E-state index in [1.54, 1.807) is 18.3 Å². The minimum atomic E-state index is -3.27. The van der Waals surface area contributed by atoms with Crippen LogP contribution >= 0.6 is 0 Å². The van der Waals surface area contributed by atoms with Crippen LogP contribution in [0.2, 0.25) is 0 Å². The number of nitrogens with zero attached hydrogens (tertiary/aromatic N) is 3. The van der Waals surface area contributed by atoms with Crippen LogP contribution in [0.1, 0.15) is 56.4 Å². The number of sulfonamides is 1. The number of anilines is 1. The third-order valence-corrected chi connectivity index (χ3v) is 9.42. The van der Waals surface area contributed by atoms with Crippen molar-refractivity contribution < 1.29 is 17.5 Å². The van der Waals surface area contributed by atoms with Gasteiger partial charge in [-0.25, -0.2) is 17.5 Å². The molecule has 0 spiro atoms. The van der Waals surface area contributed by atoms with Crippen molar-refractivity contribution in [2.45, 2.75) is 68.3 Å². The highest BCUT2D eigenvalue weighted by Gasteiger charge is 2.40. The van der Waals surface area contributed by atoms with E-state index in [9.17, 15) is 12.8 Å². The molecule has 34 heavy (non-hydrogen) atoms. The highest BCUT2D eigenvalue weighted by atomic mass is 32.2. The van der Waals surface area contributed by atoms with Gasteiger partial charge in [-0.3, -0.25) is 0 Å². The summed E-state index contributed by atoms with van der Waals surface area (Å²) in [6.07, 6.45) is 7.83. The highest BCUT2D eigenvalue weighted by molar-refractivity contribution is 7.90. The molecule has 2 aliphatic carbocycles. The molecule has 0 amide bonds. The zero-order chi connectivity index (χ0) is 23.5. The average Bonchev–Trinajstić information content (AvgIpc) is 3.71. The standard InChI is InChI=1S/C25H33FN4O3S/c26-21-4-1-3-19(15-21)18-6-8-22(9-7-18)33-17-20-16-30(25-5-2-13-27-28-25)14-12-24(20)29-34(31,32)23-10-11-23/h1-5,13,15,18,20,22-24,29H,6-12,14,16-17H2/t18-,20-,22+,24-/m0/s1. The van der Waals surface area contributed by atoms with Gasteiger partial charge in [0, 0.05) is 31.2 Å². The number of piperidine rings is 1. The molecule has 5 rings (SSSR count). The average molecular weight is 489 g/mol. The molecule has 1 saturated heterocycles. The molecule has 1 N–H and O–H groups in total. The van der Waals surface area contributed by atoms with Crippen molar-refractivity contribution in [3.63, 3.8) is 0 Å². The molecule has 3 aliphatic rings. The SMILES string of the molecule is O=S(=O)(N[C@H]1CCN(c2cccnn2)C[C@H]1CO[C@H]1CC[C@@H](c2cccc(F)c2)CC1)C1CC1. The summed E-state index contributed by atoms with van der Waals surface area (Å²) in [5, 5.41) is 8.00. The van der Waals surface area contributed by atoms with Crippen molar-refractivity contribution in [3.05, 3.63) is 54.0 Å². The Morgan fingerprint density at radius 1 is 1.06 bits per heavy atom. The second kappa shape index (κ2) is 10.3. The number of halogens is 1. The Morgan fingerprint density at radius 3 is 2.59 bits per heavy atom. The summed E-state index contributed by atoms with van der Waals surface area (Å²) in [4.78, 5) is 2.17. The van der Waals surface area contributed by atoms with Gasteiger partial charge < -0.3 is 9.64 Å². The molecule has 2 aromatic rings. The van der Waals surface area contributed by atoms with Gasteiger partial charge in [-0.2, -0.15) is 5.10 Å². The van der Waals surface area contributed by atoms with Crippen LogP contribution in [0, 0.1) is 11.7 Å². The number of ether oxygens (including phenoxy) is 1. The van der Waals surface area contributed by atoms with Crippen molar-refractivity contribution in [3.8, 4) is 0 Å². The van der Waals surface area contributed by atoms with Crippen molar-refractivity contribution in [1.29, 1.82) is 0 Å². The van der Waals surface area contributed by atoms with Gasteiger partial charge in [0.25, 0.3) is 0 Å². The molecular weight excluding hydrogens is 455 g/mol. The Morgan fingerprint density at radius 2 is 1.88 bits per heavy atom. The Kier molecular flexibility index (Phi) is 7.13. The van der Waals surface area contributed by atoms with E-state index in [1.807, 2.05) is 18.2 Å². The smallest absolute Gasteiger partial charge is 0.214 e. The van der Waals surface area contributed by atoms with Crippen molar-refractivity contribution in [1.82, 2.24) is 14.9 Å². The summed E-state index contributed by atoms with van der Waals surface area (Å²) in [7, 11) is -3.27. The zero-order valence-corrected chi connectivity index (χ0v) is 20.2. The maximum Gasteiger partial charge on any atom is 0.214 e. The Balaban J connectivity index is 1.20. The van der Waals surface area contributed by atoms with Crippen molar-refractivity contribution >= 4 is 15.8 Å². The van der Waals surface area contributed by atoms with Gasteiger partial charge in [0.15, 0.2) is 5.82 Å². The Labute approximate surface area is 201 Å². The summed E-state index contributed by atoms with van der Waals surface area (Å²) in [6, 6.07) is 10.6. The van der Waals surface area contributed by atoms with Crippen molar-refractivity contribution in [2.75, 3.05) is 24.6 Å². The van der Waals surface area contributed by atoms with E-state index < -0.39 is 10.0 Å². The number of rotatable bonds is 8. The fraction of sp³-hybridized carbons (Fsp3) is 0.600. The van der Waals surface area contributed by atoms with Gasteiger partial charge in [-0.1, -0.05) is 12.1 Å². The fourth-order valence-electron chi connectivity index (χ4n) is 5.29. The lowest BCUT2D eigenvalue weighted by Gasteiger charge is -2.40. The summed E-state index contributed by atoms with van der Waals surface area (Å²) >= 11 is 0. The fourth-order valence-corrected chi connectivity index (χ4v) is 6.98. The van der Waals surface area contributed by atoms with E-state index in [-0.39, 0.29) is 29.1 Å². The number of aromatic nitrogens is 2. The van der Waals surface area contributed by atoms with Crippen LogP contribution < -0.4 is 9.62 Å². The molecular formula is C25H33FN4O3S. The summed E-state index contributed by atoms with van der Waals surface area (Å²) in [6.45, 7) is 1.91. The van der Waals surface area contributed by atoms with E-state index >= 15 is 0 Å². The van der Waals surface area contributed by atoms with Gasteiger partial charge in [0.1, 0.15) is 5.82 Å². The molecule has 2 atom stereocenters. The second-order valence-corrected chi connectivity index (χ2v) is 11.9. The monoisotopic (exact) mass is 488 g/mol. The van der Waals surface area contributed by atoms with E-state index in [4.69, 9.17) is 4.74 Å². The summed E-state index contributed by atoms with van der Waals surface area (Å²) < 4.78 is 48.2. The van der Waals surface area contributed by atoms with Crippen molar-refractivity contribution in [2.24, 2.45) is 5.92 Å². The minimum Gasteiger partial charge on any atom is -0.378 e. The summed E-state index contributed by atoms with van der Waals surface area (Å²) in [5.74, 6) is 1.04. The number of benzene rings is 1. The first-order chi connectivity index (χ1) is 16.5. The molecule has 0 bridgehead atoms. The van der Waals surface area contributed by atoms with Crippen LogP contribution in [0.5, 0.6) is 0 Å². The molecule has 2 saturated carbocycles. The number of hydrogen-bond donors (Lipinski definition) is 1. The zero-order valence-electron chi connectivity index (χ0n) is 19.4. The summed E-state index contributed by atoms with van der Waals surface area (Å²) in [5.41, 5.74) is 1.07. The molecule has 1 aromatic carbocycles. The molecule has 0 radical (unpaired) electrons. The van der Waals surface area contributed by atoms with Gasteiger partial charge >= 0.3 is 0 Å². The van der Waals surface area contributed by atoms with Crippen LogP contribution in [-0.4, -0.2) is 55.7 Å². The van der Waals surface area contributed by atoms with Crippen LogP contribution in [0.15, 0.2) is 42.6 Å². The molecule has 7 nitrogen and oxygen atoms in total. The lowest BCUT2D eigenvalue weighted by molar-refractivity contribution is -0.00217. The van der Waals surface area contributed by atoms with Gasteiger partial charge in [-0.05, 0) is 80.7 Å². The molecule has 2 heterocycles. The Hall–Kier alpha value is -2.10. The minimum absolute atomic E-state index is 0.0326. The van der Waals surface area contributed by atoms with Gasteiger partial charge in [0.05, 0.1) is 18.0 Å². The maximum absolute atomic E-state index is 13.6. The predicted molar refractivity (Wildman–Crippen MR) is 129 cm³/mol. The first-order valence-electron chi connectivity index (χ1n) is 12.4. The third-order valence-electron chi connectivity index (χ3n) is 7.44. The number of nitrogens with one attached hydrogen (secondary N) is 1. The van der Waals surface area contributed by atoms with Crippen LogP contribution in [0.4, 0.5) is 10.2 Å². The Bertz CT molecular complexity index is 1060. The highest BCUT2D eigenvalue weighted by Crippen LogP contribution is 2.35. The molecule has 3 fully saturated rings. The van der Waals surface area contributed by atoms with E-state index in [0.29, 0.717) is 25.5 Å². The van der Waals surface area contributed by atoms with E-state index in [2.05, 4.69) is 19.8 Å². The first kappa shape index (κ1) is 23.6. The molecule has 9 heteroatoms. The maximum atomic E-state index is 13.6. The third kappa shape index (κ3) is 5.75. The van der Waals surface area contributed by atoms with E-state index in [0.717, 1.165) is 56.5 Å². The molecule has 184 valence electrons.